The molecule has 21 heavy (non-hydrogen) atoms. The van der Waals surface area contributed by atoms with Gasteiger partial charge in [-0.15, -0.1) is 0 Å². The summed E-state index contributed by atoms with van der Waals surface area (Å²) < 4.78 is 6.16. The molecule has 0 saturated heterocycles. The van der Waals surface area contributed by atoms with Crippen molar-refractivity contribution in [1.82, 2.24) is 0 Å². The van der Waals surface area contributed by atoms with E-state index in [0.717, 1.165) is 29.9 Å². The number of hydrogen-bond donors (Lipinski definition) is 1. The van der Waals surface area contributed by atoms with Crippen molar-refractivity contribution in [2.45, 2.75) is 32.6 Å². The predicted molar refractivity (Wildman–Crippen MR) is 89.4 cm³/mol. The fourth-order valence-electron chi connectivity index (χ4n) is 2.32. The van der Waals surface area contributed by atoms with E-state index in [1.54, 1.807) is 0 Å². The van der Waals surface area contributed by atoms with Gasteiger partial charge in [0.15, 0.2) is 0 Å². The van der Waals surface area contributed by atoms with E-state index in [4.69, 9.17) is 22.1 Å². The summed E-state index contributed by atoms with van der Waals surface area (Å²) >= 11 is 6.06. The Morgan fingerprint density at radius 2 is 1.90 bits per heavy atom. The number of ether oxygens (including phenoxy) is 1. The second-order valence-corrected chi connectivity index (χ2v) is 5.68. The SMILES string of the molecule is CCC(C)c1ccccc1Oc1ccc(Cl)cc1CCN. The van der Waals surface area contributed by atoms with Gasteiger partial charge in [0.25, 0.3) is 0 Å². The first-order chi connectivity index (χ1) is 10.2. The van der Waals surface area contributed by atoms with E-state index in [-0.39, 0.29) is 0 Å². The Bertz CT molecular complexity index is 598. The number of nitrogens with two attached hydrogens (primary N) is 1. The fourth-order valence-corrected chi connectivity index (χ4v) is 2.51. The maximum Gasteiger partial charge on any atom is 0.130 e. The highest BCUT2D eigenvalue weighted by molar-refractivity contribution is 6.30. The van der Waals surface area contributed by atoms with Crippen LogP contribution < -0.4 is 10.5 Å². The lowest BCUT2D eigenvalue weighted by Gasteiger charge is -2.17. The van der Waals surface area contributed by atoms with Crippen LogP contribution in [-0.4, -0.2) is 6.54 Å². The molecule has 2 aromatic carbocycles. The fraction of sp³-hybridized carbons (Fsp3) is 0.333. The summed E-state index contributed by atoms with van der Waals surface area (Å²) in [5.41, 5.74) is 7.95. The van der Waals surface area contributed by atoms with Crippen LogP contribution in [0.1, 0.15) is 37.3 Å². The number of para-hydroxylation sites is 1. The lowest BCUT2D eigenvalue weighted by atomic mass is 9.98. The van der Waals surface area contributed by atoms with Gasteiger partial charge in [-0.05, 0) is 60.7 Å². The molecular weight excluding hydrogens is 282 g/mol. The summed E-state index contributed by atoms with van der Waals surface area (Å²) in [5, 5.41) is 0.709. The number of hydrogen-bond acceptors (Lipinski definition) is 2. The van der Waals surface area contributed by atoms with Gasteiger partial charge in [0, 0.05) is 5.02 Å². The zero-order valence-electron chi connectivity index (χ0n) is 12.6. The standard InChI is InChI=1S/C18H22ClNO/c1-3-13(2)16-6-4-5-7-18(16)21-17-9-8-15(19)12-14(17)10-11-20/h4-9,12-13H,3,10-11,20H2,1-2H3. The van der Waals surface area contributed by atoms with Gasteiger partial charge in [0.05, 0.1) is 0 Å². The van der Waals surface area contributed by atoms with E-state index < -0.39 is 0 Å². The Morgan fingerprint density at radius 1 is 1.14 bits per heavy atom. The highest BCUT2D eigenvalue weighted by Gasteiger charge is 2.12. The molecule has 0 spiro atoms. The van der Waals surface area contributed by atoms with Crippen LogP contribution in [0.4, 0.5) is 0 Å². The molecule has 2 N–H and O–H groups in total. The van der Waals surface area contributed by atoms with Crippen molar-refractivity contribution < 1.29 is 4.74 Å². The molecule has 0 aromatic heterocycles. The summed E-state index contributed by atoms with van der Waals surface area (Å²) in [6, 6.07) is 13.9. The van der Waals surface area contributed by atoms with Crippen molar-refractivity contribution in [3.05, 3.63) is 58.6 Å². The molecule has 0 bridgehead atoms. The predicted octanol–water partition coefficient (Wildman–Crippen LogP) is 5.15. The first-order valence-corrected chi connectivity index (χ1v) is 7.78. The van der Waals surface area contributed by atoms with E-state index in [9.17, 15) is 0 Å². The minimum Gasteiger partial charge on any atom is -0.457 e. The molecule has 1 unspecified atom stereocenters. The van der Waals surface area contributed by atoms with Crippen molar-refractivity contribution in [3.8, 4) is 11.5 Å². The molecule has 0 aliphatic rings. The summed E-state index contributed by atoms with van der Waals surface area (Å²) in [6.07, 6.45) is 1.83. The number of halogens is 1. The second-order valence-electron chi connectivity index (χ2n) is 5.24. The zero-order chi connectivity index (χ0) is 15.2. The Kier molecular flexibility index (Phi) is 5.66. The molecule has 0 amide bonds. The van der Waals surface area contributed by atoms with Crippen molar-refractivity contribution >= 4 is 11.6 Å². The van der Waals surface area contributed by atoms with Gasteiger partial charge in [0.2, 0.25) is 0 Å². The van der Waals surface area contributed by atoms with Gasteiger partial charge in [-0.2, -0.15) is 0 Å². The largest absolute Gasteiger partial charge is 0.457 e. The van der Waals surface area contributed by atoms with Gasteiger partial charge in [-0.25, -0.2) is 0 Å². The van der Waals surface area contributed by atoms with Crippen LogP contribution in [0.5, 0.6) is 11.5 Å². The van der Waals surface area contributed by atoms with E-state index in [1.165, 1.54) is 5.56 Å². The van der Waals surface area contributed by atoms with Crippen LogP contribution in [0, 0.1) is 0 Å². The van der Waals surface area contributed by atoms with E-state index >= 15 is 0 Å². The Balaban J connectivity index is 2.34. The van der Waals surface area contributed by atoms with Crippen LogP contribution >= 0.6 is 11.6 Å². The summed E-state index contributed by atoms with van der Waals surface area (Å²) in [6.45, 7) is 4.97. The van der Waals surface area contributed by atoms with Crippen molar-refractivity contribution in [2.75, 3.05) is 6.54 Å². The zero-order valence-corrected chi connectivity index (χ0v) is 13.4. The average molecular weight is 304 g/mol. The van der Waals surface area contributed by atoms with Crippen molar-refractivity contribution in [1.29, 1.82) is 0 Å². The van der Waals surface area contributed by atoms with Gasteiger partial charge in [-0.1, -0.05) is 43.6 Å². The quantitative estimate of drug-likeness (QED) is 0.801. The molecule has 2 nitrogen and oxygen atoms in total. The maximum atomic E-state index is 6.16. The van der Waals surface area contributed by atoms with E-state index in [2.05, 4.69) is 26.0 Å². The lowest BCUT2D eigenvalue weighted by Crippen LogP contribution is -2.04. The lowest BCUT2D eigenvalue weighted by molar-refractivity contribution is 0.464. The van der Waals surface area contributed by atoms with Gasteiger partial charge in [-0.3, -0.25) is 0 Å². The molecule has 3 heteroatoms. The average Bonchev–Trinajstić information content (AvgIpc) is 2.50. The minimum absolute atomic E-state index is 0.464. The number of rotatable bonds is 6. The van der Waals surface area contributed by atoms with Crippen molar-refractivity contribution in [2.24, 2.45) is 5.73 Å². The van der Waals surface area contributed by atoms with Crippen molar-refractivity contribution in [3.63, 3.8) is 0 Å². The molecule has 0 heterocycles. The third-order valence-electron chi connectivity index (χ3n) is 3.72. The third kappa shape index (κ3) is 3.99. The minimum atomic E-state index is 0.464. The smallest absolute Gasteiger partial charge is 0.130 e. The summed E-state index contributed by atoms with van der Waals surface area (Å²) in [5.74, 6) is 2.21. The Hall–Kier alpha value is -1.51. The van der Waals surface area contributed by atoms with Gasteiger partial charge >= 0.3 is 0 Å². The Labute approximate surface area is 131 Å². The molecule has 0 saturated carbocycles. The maximum absolute atomic E-state index is 6.16. The van der Waals surface area contributed by atoms with Crippen LogP contribution in [0.25, 0.3) is 0 Å². The molecule has 0 aliphatic carbocycles. The van der Waals surface area contributed by atoms with Gasteiger partial charge in [0.1, 0.15) is 11.5 Å². The van der Waals surface area contributed by atoms with E-state index in [0.29, 0.717) is 17.5 Å². The Morgan fingerprint density at radius 3 is 2.62 bits per heavy atom. The highest BCUT2D eigenvalue weighted by atomic mass is 35.5. The molecule has 112 valence electrons. The van der Waals surface area contributed by atoms with Crippen LogP contribution in [0.2, 0.25) is 5.02 Å². The van der Waals surface area contributed by atoms with Gasteiger partial charge < -0.3 is 10.5 Å². The molecule has 2 rings (SSSR count). The number of benzene rings is 2. The molecule has 0 fully saturated rings. The second kappa shape index (κ2) is 7.48. The summed E-state index contributed by atoms with van der Waals surface area (Å²) in [7, 11) is 0. The van der Waals surface area contributed by atoms with Crippen LogP contribution in [0.15, 0.2) is 42.5 Å². The summed E-state index contributed by atoms with van der Waals surface area (Å²) in [4.78, 5) is 0. The van der Waals surface area contributed by atoms with Crippen LogP contribution in [-0.2, 0) is 6.42 Å². The molecule has 0 radical (unpaired) electrons. The first-order valence-electron chi connectivity index (χ1n) is 7.41. The first kappa shape index (κ1) is 15.9. The normalized spacial score (nSPS) is 12.2. The molecule has 0 aliphatic heterocycles. The molecule has 1 atom stereocenters. The highest BCUT2D eigenvalue weighted by Crippen LogP contribution is 2.34. The molecular formula is C18H22ClNO. The molecule has 2 aromatic rings. The topological polar surface area (TPSA) is 35.2 Å². The van der Waals surface area contributed by atoms with E-state index in [1.807, 2.05) is 30.3 Å². The van der Waals surface area contributed by atoms with Crippen LogP contribution in [0.3, 0.4) is 0 Å². The third-order valence-corrected chi connectivity index (χ3v) is 3.95. The monoisotopic (exact) mass is 303 g/mol.